The van der Waals surface area contributed by atoms with Crippen molar-refractivity contribution in [3.8, 4) is 0 Å². The van der Waals surface area contributed by atoms with Gasteiger partial charge in [-0.05, 0) is 39.8 Å². The first kappa shape index (κ1) is 13.9. The number of hydrogen-bond donors (Lipinski definition) is 1. The normalized spacial score (nSPS) is 19.9. The smallest absolute Gasteiger partial charge is 0.220 e. The van der Waals surface area contributed by atoms with Crippen LogP contribution in [-0.4, -0.2) is 31.9 Å². The number of para-hydroxylation sites is 2. The molecule has 0 bridgehead atoms. The zero-order valence-corrected chi connectivity index (χ0v) is 13.2. The SMILES string of the molecule is CC(=O)N1C(C)(C)C=C(c2nc3ccccc3[nH]2)C1(C)C. The zero-order valence-electron chi connectivity index (χ0n) is 13.2. The number of benzene rings is 1. The number of carbonyl (C=O) groups excluding carboxylic acids is 1. The minimum Gasteiger partial charge on any atom is -0.338 e. The lowest BCUT2D eigenvalue weighted by molar-refractivity contribution is -0.135. The molecule has 3 rings (SSSR count). The predicted molar refractivity (Wildman–Crippen MR) is 84.7 cm³/mol. The van der Waals surface area contributed by atoms with Crippen molar-refractivity contribution >= 4 is 22.5 Å². The summed E-state index contributed by atoms with van der Waals surface area (Å²) in [6, 6.07) is 7.98. The molecule has 1 aromatic heterocycles. The van der Waals surface area contributed by atoms with E-state index in [0.717, 1.165) is 22.4 Å². The fourth-order valence-electron chi connectivity index (χ4n) is 3.67. The van der Waals surface area contributed by atoms with Gasteiger partial charge in [-0.15, -0.1) is 0 Å². The number of imidazole rings is 1. The molecule has 0 atom stereocenters. The Hall–Kier alpha value is -2.10. The second kappa shape index (κ2) is 4.20. The lowest BCUT2D eigenvalue weighted by Gasteiger charge is -2.41. The van der Waals surface area contributed by atoms with Gasteiger partial charge in [0.15, 0.2) is 0 Å². The van der Waals surface area contributed by atoms with Crippen LogP contribution in [0.3, 0.4) is 0 Å². The molecular weight excluding hydrogens is 262 g/mol. The molecule has 0 fully saturated rings. The number of nitrogens with one attached hydrogen (secondary N) is 1. The predicted octanol–water partition coefficient (Wildman–Crippen LogP) is 3.37. The van der Waals surface area contributed by atoms with E-state index in [1.54, 1.807) is 6.92 Å². The molecule has 21 heavy (non-hydrogen) atoms. The number of nitrogens with zero attached hydrogens (tertiary/aromatic N) is 2. The van der Waals surface area contributed by atoms with E-state index >= 15 is 0 Å². The Labute approximate surface area is 124 Å². The highest BCUT2D eigenvalue weighted by molar-refractivity contribution is 5.87. The molecule has 1 N–H and O–H groups in total. The number of rotatable bonds is 1. The van der Waals surface area contributed by atoms with Gasteiger partial charge >= 0.3 is 0 Å². The van der Waals surface area contributed by atoms with E-state index in [1.807, 2.05) is 29.2 Å². The molecule has 0 unspecified atom stereocenters. The van der Waals surface area contributed by atoms with Crippen LogP contribution in [0.2, 0.25) is 0 Å². The molecule has 0 aliphatic carbocycles. The van der Waals surface area contributed by atoms with Crippen LogP contribution in [0.25, 0.3) is 16.6 Å². The highest BCUT2D eigenvalue weighted by Crippen LogP contribution is 2.44. The van der Waals surface area contributed by atoms with Crippen molar-refractivity contribution in [2.45, 2.75) is 45.7 Å². The number of amides is 1. The Morgan fingerprint density at radius 2 is 1.86 bits per heavy atom. The average molecular weight is 283 g/mol. The van der Waals surface area contributed by atoms with E-state index in [9.17, 15) is 4.79 Å². The molecular formula is C17H21N3O. The van der Waals surface area contributed by atoms with E-state index in [0.29, 0.717) is 0 Å². The topological polar surface area (TPSA) is 49.0 Å². The first-order chi connectivity index (χ1) is 9.73. The van der Waals surface area contributed by atoms with Crippen molar-refractivity contribution in [3.05, 3.63) is 36.2 Å². The quantitative estimate of drug-likeness (QED) is 0.872. The van der Waals surface area contributed by atoms with Crippen LogP contribution in [0, 0.1) is 0 Å². The first-order valence-corrected chi connectivity index (χ1v) is 7.23. The minimum atomic E-state index is -0.386. The van der Waals surface area contributed by atoms with Crippen molar-refractivity contribution in [2.75, 3.05) is 0 Å². The fourth-order valence-corrected chi connectivity index (χ4v) is 3.67. The summed E-state index contributed by atoms with van der Waals surface area (Å²) in [6.45, 7) is 9.89. The highest BCUT2D eigenvalue weighted by Gasteiger charge is 2.48. The second-order valence-corrected chi connectivity index (χ2v) is 6.73. The Bertz CT molecular complexity index is 719. The highest BCUT2D eigenvalue weighted by atomic mass is 16.2. The lowest BCUT2D eigenvalue weighted by Crippen LogP contribution is -2.52. The largest absolute Gasteiger partial charge is 0.338 e. The Kier molecular flexibility index (Phi) is 2.77. The van der Waals surface area contributed by atoms with Gasteiger partial charge in [-0.1, -0.05) is 18.2 Å². The van der Waals surface area contributed by atoms with Gasteiger partial charge in [-0.2, -0.15) is 0 Å². The van der Waals surface area contributed by atoms with Gasteiger partial charge in [-0.25, -0.2) is 4.98 Å². The maximum Gasteiger partial charge on any atom is 0.220 e. The molecule has 4 nitrogen and oxygen atoms in total. The number of carbonyl (C=O) groups is 1. The summed E-state index contributed by atoms with van der Waals surface area (Å²) in [6.07, 6.45) is 2.14. The Balaban J connectivity index is 2.15. The first-order valence-electron chi connectivity index (χ1n) is 7.23. The van der Waals surface area contributed by atoms with Crippen molar-refractivity contribution < 1.29 is 4.79 Å². The summed E-state index contributed by atoms with van der Waals surface area (Å²) >= 11 is 0. The van der Waals surface area contributed by atoms with E-state index in [4.69, 9.17) is 0 Å². The van der Waals surface area contributed by atoms with Crippen LogP contribution < -0.4 is 0 Å². The summed E-state index contributed by atoms with van der Waals surface area (Å²) in [5.74, 6) is 0.922. The third-order valence-corrected chi connectivity index (χ3v) is 4.25. The molecule has 2 heterocycles. The van der Waals surface area contributed by atoms with Crippen LogP contribution in [-0.2, 0) is 4.79 Å². The van der Waals surface area contributed by atoms with Gasteiger partial charge in [0.1, 0.15) is 5.82 Å². The van der Waals surface area contributed by atoms with Crippen LogP contribution in [0.4, 0.5) is 0 Å². The molecule has 0 saturated carbocycles. The molecule has 1 aromatic carbocycles. The number of H-pyrrole nitrogens is 1. The summed E-state index contributed by atoms with van der Waals surface area (Å²) in [5, 5.41) is 0. The molecule has 110 valence electrons. The van der Waals surface area contributed by atoms with Gasteiger partial charge in [0.05, 0.1) is 22.1 Å². The summed E-state index contributed by atoms with van der Waals surface area (Å²) in [5.41, 5.74) is 2.33. The molecule has 0 saturated heterocycles. The molecule has 4 heteroatoms. The molecule has 1 aliphatic heterocycles. The second-order valence-electron chi connectivity index (χ2n) is 6.73. The zero-order chi connectivity index (χ0) is 15.4. The van der Waals surface area contributed by atoms with Crippen LogP contribution >= 0.6 is 0 Å². The van der Waals surface area contributed by atoms with Gasteiger partial charge in [0, 0.05) is 12.5 Å². The van der Waals surface area contributed by atoms with Crippen molar-refractivity contribution in [3.63, 3.8) is 0 Å². The Morgan fingerprint density at radius 3 is 2.43 bits per heavy atom. The summed E-state index contributed by atoms with van der Waals surface area (Å²) in [7, 11) is 0. The standard InChI is InChI=1S/C17H21N3O/c1-11(21)20-16(2,3)10-12(17(20,4)5)15-18-13-8-6-7-9-14(13)19-15/h6-10H,1-5H3,(H,18,19). The maximum absolute atomic E-state index is 12.1. The van der Waals surface area contributed by atoms with Crippen LogP contribution in [0.15, 0.2) is 30.3 Å². The van der Waals surface area contributed by atoms with Gasteiger partial charge in [-0.3, -0.25) is 4.79 Å². The molecule has 1 amide bonds. The number of fused-ring (bicyclic) bond motifs is 1. The molecule has 0 spiro atoms. The van der Waals surface area contributed by atoms with E-state index in [-0.39, 0.29) is 17.0 Å². The van der Waals surface area contributed by atoms with Gasteiger partial charge in [0.2, 0.25) is 5.91 Å². The molecule has 0 radical (unpaired) electrons. The van der Waals surface area contributed by atoms with E-state index < -0.39 is 0 Å². The number of hydrogen-bond acceptors (Lipinski definition) is 2. The monoisotopic (exact) mass is 283 g/mol. The van der Waals surface area contributed by atoms with Gasteiger partial charge < -0.3 is 9.88 Å². The van der Waals surface area contributed by atoms with E-state index in [1.165, 1.54) is 0 Å². The van der Waals surface area contributed by atoms with Crippen molar-refractivity contribution in [1.82, 2.24) is 14.9 Å². The minimum absolute atomic E-state index is 0.0763. The third kappa shape index (κ3) is 1.97. The van der Waals surface area contributed by atoms with Crippen LogP contribution in [0.1, 0.15) is 40.4 Å². The number of aromatic amines is 1. The third-order valence-electron chi connectivity index (χ3n) is 4.25. The molecule has 1 aliphatic rings. The van der Waals surface area contributed by atoms with Crippen LogP contribution in [0.5, 0.6) is 0 Å². The average Bonchev–Trinajstić information content (AvgIpc) is 2.84. The lowest BCUT2D eigenvalue weighted by atomic mass is 9.94. The summed E-state index contributed by atoms with van der Waals surface area (Å²) < 4.78 is 0. The van der Waals surface area contributed by atoms with Gasteiger partial charge in [0.25, 0.3) is 0 Å². The van der Waals surface area contributed by atoms with Crippen molar-refractivity contribution in [1.29, 1.82) is 0 Å². The summed E-state index contributed by atoms with van der Waals surface area (Å²) in [4.78, 5) is 22.1. The maximum atomic E-state index is 12.1. The van der Waals surface area contributed by atoms with E-state index in [2.05, 4.69) is 43.7 Å². The number of aromatic nitrogens is 2. The van der Waals surface area contributed by atoms with Crippen molar-refractivity contribution in [2.24, 2.45) is 0 Å². The Morgan fingerprint density at radius 1 is 1.19 bits per heavy atom. The molecule has 2 aromatic rings. The fraction of sp³-hybridized carbons (Fsp3) is 0.412.